The van der Waals surface area contributed by atoms with Crippen molar-refractivity contribution < 1.29 is 9.53 Å². The van der Waals surface area contributed by atoms with Crippen LogP contribution < -0.4 is 10.1 Å². The van der Waals surface area contributed by atoms with Crippen molar-refractivity contribution in [2.24, 2.45) is 0 Å². The number of para-hydroxylation sites is 1. The molecular weight excluding hydrogens is 306 g/mol. The summed E-state index contributed by atoms with van der Waals surface area (Å²) in [5.74, 6) is 1.37. The van der Waals surface area contributed by atoms with Crippen LogP contribution in [0.3, 0.4) is 0 Å². The van der Waals surface area contributed by atoms with Crippen LogP contribution in [-0.2, 0) is 4.79 Å². The highest BCUT2D eigenvalue weighted by Crippen LogP contribution is 2.27. The summed E-state index contributed by atoms with van der Waals surface area (Å²) < 4.78 is 5.64. The first-order chi connectivity index (χ1) is 11.1. The Balaban J connectivity index is 1.97. The third-order valence-electron chi connectivity index (χ3n) is 3.43. The summed E-state index contributed by atoms with van der Waals surface area (Å²) in [5.41, 5.74) is 3.00. The van der Waals surface area contributed by atoms with E-state index in [-0.39, 0.29) is 12.5 Å². The van der Waals surface area contributed by atoms with Crippen molar-refractivity contribution in [2.45, 2.75) is 18.7 Å². The van der Waals surface area contributed by atoms with E-state index in [1.165, 1.54) is 0 Å². The van der Waals surface area contributed by atoms with Gasteiger partial charge in [0.05, 0.1) is 5.69 Å². The molecule has 1 amide bonds. The first-order valence-electron chi connectivity index (χ1n) is 7.43. The van der Waals surface area contributed by atoms with Gasteiger partial charge in [0.2, 0.25) is 0 Å². The van der Waals surface area contributed by atoms with Gasteiger partial charge in [0.1, 0.15) is 5.75 Å². The summed E-state index contributed by atoms with van der Waals surface area (Å²) >= 11 is 1.63. The number of anilines is 1. The topological polar surface area (TPSA) is 38.3 Å². The van der Waals surface area contributed by atoms with Gasteiger partial charge >= 0.3 is 0 Å². The smallest absolute Gasteiger partial charge is 0.262 e. The predicted molar refractivity (Wildman–Crippen MR) is 97.4 cm³/mol. The fourth-order valence-electron chi connectivity index (χ4n) is 2.05. The summed E-state index contributed by atoms with van der Waals surface area (Å²) in [6.45, 7) is 7.72. The molecule has 120 valence electrons. The number of amides is 1. The van der Waals surface area contributed by atoms with Crippen LogP contribution in [0.1, 0.15) is 11.1 Å². The van der Waals surface area contributed by atoms with E-state index in [4.69, 9.17) is 4.74 Å². The molecule has 0 radical (unpaired) electrons. The molecular formula is C19H21NO2S. The van der Waals surface area contributed by atoms with E-state index in [0.717, 1.165) is 33.2 Å². The third kappa shape index (κ3) is 4.89. The second-order valence-electron chi connectivity index (χ2n) is 5.13. The van der Waals surface area contributed by atoms with E-state index in [9.17, 15) is 4.79 Å². The molecule has 1 N–H and O–H groups in total. The van der Waals surface area contributed by atoms with Gasteiger partial charge in [0, 0.05) is 10.6 Å². The molecule has 2 rings (SSSR count). The molecule has 0 atom stereocenters. The molecule has 0 fully saturated rings. The number of hydrogen-bond acceptors (Lipinski definition) is 3. The zero-order valence-corrected chi connectivity index (χ0v) is 14.3. The lowest BCUT2D eigenvalue weighted by Gasteiger charge is -2.12. The van der Waals surface area contributed by atoms with Gasteiger partial charge in [-0.3, -0.25) is 4.79 Å². The van der Waals surface area contributed by atoms with Gasteiger partial charge < -0.3 is 10.1 Å². The zero-order valence-electron chi connectivity index (χ0n) is 13.5. The van der Waals surface area contributed by atoms with E-state index in [1.807, 2.05) is 62.4 Å². The molecule has 4 heteroatoms. The first kappa shape index (κ1) is 17.2. The normalized spacial score (nSPS) is 10.2. The summed E-state index contributed by atoms with van der Waals surface area (Å²) in [5, 5.41) is 2.90. The largest absolute Gasteiger partial charge is 0.483 e. The lowest BCUT2D eigenvalue weighted by molar-refractivity contribution is -0.118. The van der Waals surface area contributed by atoms with Crippen LogP contribution in [0.5, 0.6) is 5.75 Å². The van der Waals surface area contributed by atoms with Crippen molar-refractivity contribution in [2.75, 3.05) is 17.7 Å². The van der Waals surface area contributed by atoms with Crippen LogP contribution >= 0.6 is 11.8 Å². The van der Waals surface area contributed by atoms with Crippen molar-refractivity contribution in [1.82, 2.24) is 0 Å². The zero-order chi connectivity index (χ0) is 16.7. The van der Waals surface area contributed by atoms with E-state index in [0.29, 0.717) is 0 Å². The monoisotopic (exact) mass is 327 g/mol. The Morgan fingerprint density at radius 2 is 2.00 bits per heavy atom. The maximum absolute atomic E-state index is 12.1. The maximum atomic E-state index is 12.1. The minimum atomic E-state index is -0.169. The Morgan fingerprint density at radius 1 is 1.22 bits per heavy atom. The number of carbonyl (C=O) groups excluding carboxylic acids is 1. The molecule has 2 aromatic rings. The molecule has 0 saturated carbocycles. The van der Waals surface area contributed by atoms with Crippen molar-refractivity contribution >= 4 is 23.4 Å². The summed E-state index contributed by atoms with van der Waals surface area (Å²) in [6.07, 6.45) is 1.84. The van der Waals surface area contributed by atoms with Gasteiger partial charge in [-0.2, -0.15) is 0 Å². The Kier molecular flexibility index (Phi) is 6.29. The van der Waals surface area contributed by atoms with Crippen molar-refractivity contribution in [3.05, 3.63) is 66.2 Å². The molecule has 0 heterocycles. The summed E-state index contributed by atoms with van der Waals surface area (Å²) in [6, 6.07) is 13.6. The number of aryl methyl sites for hydroxylation is 1. The number of hydrogen-bond donors (Lipinski definition) is 1. The standard InChI is InChI=1S/C19H21NO2S/c1-4-12-23-18-11-6-5-9-16(18)20-19(21)13-22-17-10-7-8-14(2)15(17)3/h4-11H,1,12-13H2,2-3H3,(H,20,21). The number of rotatable bonds is 7. The molecule has 0 aliphatic rings. The second kappa shape index (κ2) is 8.44. The highest BCUT2D eigenvalue weighted by molar-refractivity contribution is 7.99. The lowest BCUT2D eigenvalue weighted by atomic mass is 10.1. The average Bonchev–Trinajstić information content (AvgIpc) is 2.55. The average molecular weight is 327 g/mol. The predicted octanol–water partition coefficient (Wildman–Crippen LogP) is 4.60. The van der Waals surface area contributed by atoms with Crippen LogP contribution in [0, 0.1) is 13.8 Å². The van der Waals surface area contributed by atoms with Crippen LogP contribution in [0.25, 0.3) is 0 Å². The second-order valence-corrected chi connectivity index (χ2v) is 6.19. The quantitative estimate of drug-likeness (QED) is 0.596. The van der Waals surface area contributed by atoms with Crippen LogP contribution in [0.4, 0.5) is 5.69 Å². The Morgan fingerprint density at radius 3 is 2.78 bits per heavy atom. The molecule has 0 aliphatic heterocycles. The fourth-order valence-corrected chi connectivity index (χ4v) is 2.80. The molecule has 0 saturated heterocycles. The number of benzene rings is 2. The van der Waals surface area contributed by atoms with E-state index >= 15 is 0 Å². The Bertz CT molecular complexity index is 698. The highest BCUT2D eigenvalue weighted by atomic mass is 32.2. The highest BCUT2D eigenvalue weighted by Gasteiger charge is 2.09. The maximum Gasteiger partial charge on any atom is 0.262 e. The number of carbonyl (C=O) groups is 1. The molecule has 0 unspecified atom stereocenters. The van der Waals surface area contributed by atoms with E-state index < -0.39 is 0 Å². The van der Waals surface area contributed by atoms with Crippen molar-refractivity contribution in [3.63, 3.8) is 0 Å². The number of ether oxygens (including phenoxy) is 1. The lowest BCUT2D eigenvalue weighted by Crippen LogP contribution is -2.20. The molecule has 0 aliphatic carbocycles. The van der Waals surface area contributed by atoms with E-state index in [2.05, 4.69) is 11.9 Å². The minimum Gasteiger partial charge on any atom is -0.483 e. The van der Waals surface area contributed by atoms with Gasteiger partial charge in [0.15, 0.2) is 6.61 Å². The SMILES string of the molecule is C=CCSc1ccccc1NC(=O)COc1cccc(C)c1C. The molecule has 23 heavy (non-hydrogen) atoms. The Hall–Kier alpha value is -2.20. The number of thioether (sulfide) groups is 1. The molecule has 0 aromatic heterocycles. The molecule has 3 nitrogen and oxygen atoms in total. The van der Waals surface area contributed by atoms with Crippen LogP contribution in [0.2, 0.25) is 0 Å². The molecule has 0 spiro atoms. The van der Waals surface area contributed by atoms with Crippen LogP contribution in [-0.4, -0.2) is 18.3 Å². The fraction of sp³-hybridized carbons (Fsp3) is 0.211. The minimum absolute atomic E-state index is 0.00917. The molecule has 0 bridgehead atoms. The van der Waals surface area contributed by atoms with Gasteiger partial charge in [-0.25, -0.2) is 0 Å². The third-order valence-corrected chi connectivity index (χ3v) is 4.50. The van der Waals surface area contributed by atoms with Gasteiger partial charge in [-0.1, -0.05) is 30.3 Å². The van der Waals surface area contributed by atoms with Gasteiger partial charge in [-0.15, -0.1) is 18.3 Å². The number of nitrogens with one attached hydrogen (secondary N) is 1. The van der Waals surface area contributed by atoms with Crippen molar-refractivity contribution in [3.8, 4) is 5.75 Å². The van der Waals surface area contributed by atoms with E-state index in [1.54, 1.807) is 11.8 Å². The summed E-state index contributed by atoms with van der Waals surface area (Å²) in [7, 11) is 0. The van der Waals surface area contributed by atoms with Gasteiger partial charge in [-0.05, 0) is 43.2 Å². The van der Waals surface area contributed by atoms with Crippen molar-refractivity contribution in [1.29, 1.82) is 0 Å². The van der Waals surface area contributed by atoms with Gasteiger partial charge in [0.25, 0.3) is 5.91 Å². The van der Waals surface area contributed by atoms with Crippen LogP contribution in [0.15, 0.2) is 60.0 Å². The Labute approximate surface area is 141 Å². The first-order valence-corrected chi connectivity index (χ1v) is 8.42. The summed E-state index contributed by atoms with van der Waals surface area (Å²) in [4.78, 5) is 13.2. The molecule has 2 aromatic carbocycles.